The van der Waals surface area contributed by atoms with Gasteiger partial charge in [0.1, 0.15) is 17.2 Å². The van der Waals surface area contributed by atoms with Crippen LogP contribution in [0.4, 0.5) is 0 Å². The Bertz CT molecular complexity index is 500. The summed E-state index contributed by atoms with van der Waals surface area (Å²) < 4.78 is 10.6. The normalized spacial score (nSPS) is 10.1. The van der Waals surface area contributed by atoms with Gasteiger partial charge in [-0.05, 0) is 19.1 Å². The van der Waals surface area contributed by atoms with Gasteiger partial charge in [-0.2, -0.15) is 0 Å². The fourth-order valence-electron chi connectivity index (χ4n) is 1.46. The van der Waals surface area contributed by atoms with Gasteiger partial charge in [-0.25, -0.2) is 4.98 Å². The van der Waals surface area contributed by atoms with Gasteiger partial charge in [-0.15, -0.1) is 0 Å². The van der Waals surface area contributed by atoms with Crippen LogP contribution >= 0.6 is 0 Å². The lowest BCUT2D eigenvalue weighted by Gasteiger charge is -1.98. The van der Waals surface area contributed by atoms with Gasteiger partial charge >= 0.3 is 0 Å². The first-order valence-electron chi connectivity index (χ1n) is 4.98. The second-order valence-corrected chi connectivity index (χ2v) is 3.42. The van der Waals surface area contributed by atoms with Crippen LogP contribution in [0.5, 0.6) is 0 Å². The lowest BCUT2D eigenvalue weighted by atomic mass is 10.2. The van der Waals surface area contributed by atoms with Crippen LogP contribution in [0.1, 0.15) is 11.5 Å². The second kappa shape index (κ2) is 4.23. The molecule has 0 fully saturated rings. The molecule has 3 nitrogen and oxygen atoms in total. The minimum absolute atomic E-state index is 0.517. The highest BCUT2D eigenvalue weighted by atomic mass is 16.5. The van der Waals surface area contributed by atoms with E-state index in [0.29, 0.717) is 23.1 Å². The van der Waals surface area contributed by atoms with Crippen LogP contribution in [-0.2, 0) is 4.74 Å². The number of rotatable bonds is 3. The molecule has 0 unspecified atom stereocenters. The SMILES string of the molecule is C=C(OC)c1nc(-c2ccccc2)oc1C. The molecule has 0 N–H and O–H groups in total. The van der Waals surface area contributed by atoms with Gasteiger partial charge in [0.15, 0.2) is 0 Å². The Kier molecular flexibility index (Phi) is 2.77. The summed E-state index contributed by atoms with van der Waals surface area (Å²) in [4.78, 5) is 4.36. The molecule has 0 spiro atoms. The number of hydrogen-bond donors (Lipinski definition) is 0. The van der Waals surface area contributed by atoms with Crippen molar-refractivity contribution in [3.05, 3.63) is 48.4 Å². The summed E-state index contributed by atoms with van der Waals surface area (Å²) in [6, 6.07) is 9.74. The van der Waals surface area contributed by atoms with Crippen molar-refractivity contribution in [2.24, 2.45) is 0 Å². The molecule has 2 aromatic rings. The maximum Gasteiger partial charge on any atom is 0.226 e. The van der Waals surface area contributed by atoms with Gasteiger partial charge in [0.05, 0.1) is 7.11 Å². The number of oxazole rings is 1. The molecule has 1 aromatic carbocycles. The van der Waals surface area contributed by atoms with Crippen molar-refractivity contribution in [2.75, 3.05) is 7.11 Å². The molecule has 2 rings (SSSR count). The molecule has 1 heterocycles. The maximum atomic E-state index is 5.57. The second-order valence-electron chi connectivity index (χ2n) is 3.42. The molecule has 0 aliphatic heterocycles. The molecule has 0 bridgehead atoms. The smallest absolute Gasteiger partial charge is 0.226 e. The third-order valence-electron chi connectivity index (χ3n) is 2.33. The average molecular weight is 215 g/mol. The van der Waals surface area contributed by atoms with E-state index < -0.39 is 0 Å². The minimum atomic E-state index is 0.517. The fourth-order valence-corrected chi connectivity index (χ4v) is 1.46. The number of nitrogens with zero attached hydrogens (tertiary/aromatic N) is 1. The Morgan fingerprint density at radius 1 is 1.31 bits per heavy atom. The van der Waals surface area contributed by atoms with Gasteiger partial charge in [-0.1, -0.05) is 24.8 Å². The Labute approximate surface area is 94.4 Å². The first kappa shape index (κ1) is 10.5. The van der Waals surface area contributed by atoms with E-state index in [1.54, 1.807) is 7.11 Å². The minimum Gasteiger partial charge on any atom is -0.495 e. The lowest BCUT2D eigenvalue weighted by Crippen LogP contribution is -1.87. The fraction of sp³-hybridized carbons (Fsp3) is 0.154. The van der Waals surface area contributed by atoms with E-state index in [0.717, 1.165) is 5.56 Å². The van der Waals surface area contributed by atoms with Crippen molar-refractivity contribution in [2.45, 2.75) is 6.92 Å². The molecule has 0 aliphatic carbocycles. The maximum absolute atomic E-state index is 5.57. The highest BCUT2D eigenvalue weighted by Crippen LogP contribution is 2.24. The Morgan fingerprint density at radius 2 is 2.00 bits per heavy atom. The molecule has 0 saturated carbocycles. The van der Waals surface area contributed by atoms with E-state index in [2.05, 4.69) is 11.6 Å². The van der Waals surface area contributed by atoms with Gasteiger partial charge in [-0.3, -0.25) is 0 Å². The quantitative estimate of drug-likeness (QED) is 0.737. The zero-order valence-electron chi connectivity index (χ0n) is 9.36. The summed E-state index contributed by atoms with van der Waals surface area (Å²) in [5.74, 6) is 1.82. The van der Waals surface area contributed by atoms with Crippen molar-refractivity contribution >= 4 is 5.76 Å². The number of aromatic nitrogens is 1. The summed E-state index contributed by atoms with van der Waals surface area (Å²) in [5.41, 5.74) is 1.61. The third-order valence-corrected chi connectivity index (χ3v) is 2.33. The van der Waals surface area contributed by atoms with Crippen molar-refractivity contribution in [3.8, 4) is 11.5 Å². The molecule has 0 saturated heterocycles. The molecule has 0 atom stereocenters. The largest absolute Gasteiger partial charge is 0.495 e. The van der Waals surface area contributed by atoms with Crippen LogP contribution in [0.3, 0.4) is 0 Å². The first-order chi connectivity index (χ1) is 7.72. The molecule has 16 heavy (non-hydrogen) atoms. The van der Waals surface area contributed by atoms with Crippen LogP contribution < -0.4 is 0 Å². The van der Waals surface area contributed by atoms with Crippen molar-refractivity contribution in [1.29, 1.82) is 0 Å². The van der Waals surface area contributed by atoms with Gasteiger partial charge in [0.2, 0.25) is 5.89 Å². The van der Waals surface area contributed by atoms with Crippen LogP contribution in [0.2, 0.25) is 0 Å². The van der Waals surface area contributed by atoms with E-state index in [1.807, 2.05) is 37.3 Å². The van der Waals surface area contributed by atoms with Crippen molar-refractivity contribution in [1.82, 2.24) is 4.98 Å². The highest BCUT2D eigenvalue weighted by molar-refractivity contribution is 5.60. The molecule has 82 valence electrons. The van der Waals surface area contributed by atoms with Crippen LogP contribution in [0, 0.1) is 6.92 Å². The summed E-state index contributed by atoms with van der Waals surface area (Å²) in [6.07, 6.45) is 0. The number of benzene rings is 1. The summed E-state index contributed by atoms with van der Waals surface area (Å²) in [5, 5.41) is 0. The Morgan fingerprint density at radius 3 is 2.62 bits per heavy atom. The van der Waals surface area contributed by atoms with Crippen LogP contribution in [0.15, 0.2) is 41.3 Å². The highest BCUT2D eigenvalue weighted by Gasteiger charge is 2.13. The monoisotopic (exact) mass is 215 g/mol. The Hall–Kier alpha value is -2.03. The number of methoxy groups -OCH3 is 1. The van der Waals surface area contributed by atoms with Crippen LogP contribution in [-0.4, -0.2) is 12.1 Å². The van der Waals surface area contributed by atoms with E-state index in [9.17, 15) is 0 Å². The predicted octanol–water partition coefficient (Wildman–Crippen LogP) is 3.27. The topological polar surface area (TPSA) is 35.3 Å². The summed E-state index contributed by atoms with van der Waals surface area (Å²) >= 11 is 0. The zero-order chi connectivity index (χ0) is 11.5. The molecule has 1 aromatic heterocycles. The predicted molar refractivity (Wildman–Crippen MR) is 62.7 cm³/mol. The number of hydrogen-bond acceptors (Lipinski definition) is 3. The standard InChI is InChI=1S/C13H13NO2/c1-9(15-3)12-10(2)16-13(14-12)11-7-5-4-6-8-11/h4-8H,1H2,2-3H3. The summed E-state index contributed by atoms with van der Waals surface area (Å²) in [6.45, 7) is 5.61. The summed E-state index contributed by atoms with van der Waals surface area (Å²) in [7, 11) is 1.57. The van der Waals surface area contributed by atoms with Crippen molar-refractivity contribution in [3.63, 3.8) is 0 Å². The molecule has 0 amide bonds. The lowest BCUT2D eigenvalue weighted by molar-refractivity contribution is 0.368. The first-order valence-corrected chi connectivity index (χ1v) is 4.98. The number of aryl methyl sites for hydroxylation is 1. The van der Waals surface area contributed by atoms with E-state index in [1.165, 1.54) is 0 Å². The van der Waals surface area contributed by atoms with Crippen LogP contribution in [0.25, 0.3) is 17.2 Å². The van der Waals surface area contributed by atoms with Crippen molar-refractivity contribution < 1.29 is 9.15 Å². The zero-order valence-corrected chi connectivity index (χ0v) is 9.36. The molecule has 0 aliphatic rings. The third kappa shape index (κ3) is 1.84. The van der Waals surface area contributed by atoms with E-state index in [-0.39, 0.29) is 0 Å². The molecular formula is C13H13NO2. The molecular weight excluding hydrogens is 202 g/mol. The van der Waals surface area contributed by atoms with Gasteiger partial charge < -0.3 is 9.15 Å². The van der Waals surface area contributed by atoms with E-state index in [4.69, 9.17) is 9.15 Å². The molecule has 3 heteroatoms. The number of ether oxygens (including phenoxy) is 1. The van der Waals surface area contributed by atoms with Gasteiger partial charge in [0.25, 0.3) is 0 Å². The average Bonchev–Trinajstić information content (AvgIpc) is 2.71. The van der Waals surface area contributed by atoms with E-state index >= 15 is 0 Å². The Balaban J connectivity index is 2.42. The molecule has 0 radical (unpaired) electrons. The van der Waals surface area contributed by atoms with Gasteiger partial charge in [0, 0.05) is 5.56 Å².